The fourth-order valence-electron chi connectivity index (χ4n) is 3.23. The molecule has 1 heterocycles. The zero-order valence-electron chi connectivity index (χ0n) is 14.4. The molecule has 118 valence electrons. The van der Waals surface area contributed by atoms with Gasteiger partial charge in [0.25, 0.3) is 0 Å². The van der Waals surface area contributed by atoms with E-state index in [0.717, 1.165) is 5.69 Å². The first-order valence-electron chi connectivity index (χ1n) is 8.41. The summed E-state index contributed by atoms with van der Waals surface area (Å²) < 4.78 is 0. The lowest BCUT2D eigenvalue weighted by atomic mass is 9.87. The van der Waals surface area contributed by atoms with Crippen LogP contribution in [0.2, 0.25) is 0 Å². The number of nitrogens with zero attached hydrogens (tertiary/aromatic N) is 1. The molecule has 0 aliphatic rings. The van der Waals surface area contributed by atoms with Crippen LogP contribution in [-0.2, 0) is 5.41 Å². The molecule has 1 aromatic heterocycles. The normalized spacial score (nSPS) is 12.0. The van der Waals surface area contributed by atoms with Crippen LogP contribution in [0, 0.1) is 0 Å². The Morgan fingerprint density at radius 1 is 0.708 bits per heavy atom. The third-order valence-corrected chi connectivity index (χ3v) is 4.67. The van der Waals surface area contributed by atoms with Crippen LogP contribution in [-0.4, -0.2) is 4.98 Å². The monoisotopic (exact) mass is 311 g/mol. The zero-order chi connectivity index (χ0) is 16.7. The third-order valence-electron chi connectivity index (χ3n) is 4.67. The standard InChI is InChI=1S/C23H21N/c1-23(2,3)19-12-13-24-22(15-19)18-10-11-21-17(14-18)9-8-16-6-4-5-7-20(16)21/h4-15H,1-3H3. The Kier molecular flexibility index (Phi) is 3.38. The van der Waals surface area contributed by atoms with E-state index in [1.807, 2.05) is 6.20 Å². The van der Waals surface area contributed by atoms with Crippen LogP contribution in [0.4, 0.5) is 0 Å². The highest BCUT2D eigenvalue weighted by Crippen LogP contribution is 2.30. The zero-order valence-corrected chi connectivity index (χ0v) is 14.4. The fourth-order valence-corrected chi connectivity index (χ4v) is 3.23. The van der Waals surface area contributed by atoms with Gasteiger partial charge in [-0.2, -0.15) is 0 Å². The van der Waals surface area contributed by atoms with Gasteiger partial charge in [0.1, 0.15) is 0 Å². The van der Waals surface area contributed by atoms with Gasteiger partial charge in [0.2, 0.25) is 0 Å². The number of fused-ring (bicyclic) bond motifs is 3. The average molecular weight is 311 g/mol. The van der Waals surface area contributed by atoms with E-state index in [9.17, 15) is 0 Å². The van der Waals surface area contributed by atoms with E-state index in [0.29, 0.717) is 0 Å². The summed E-state index contributed by atoms with van der Waals surface area (Å²) in [6.45, 7) is 6.70. The molecule has 0 atom stereocenters. The number of rotatable bonds is 1. The van der Waals surface area contributed by atoms with Gasteiger partial charge in [0.15, 0.2) is 0 Å². The van der Waals surface area contributed by atoms with Crippen molar-refractivity contribution in [3.63, 3.8) is 0 Å². The topological polar surface area (TPSA) is 12.9 Å². The van der Waals surface area contributed by atoms with E-state index >= 15 is 0 Å². The molecule has 4 aromatic rings. The van der Waals surface area contributed by atoms with Crippen LogP contribution in [0.5, 0.6) is 0 Å². The van der Waals surface area contributed by atoms with Gasteiger partial charge in [-0.15, -0.1) is 0 Å². The van der Waals surface area contributed by atoms with Gasteiger partial charge < -0.3 is 0 Å². The number of aromatic nitrogens is 1. The Morgan fingerprint density at radius 3 is 2.29 bits per heavy atom. The lowest BCUT2D eigenvalue weighted by molar-refractivity contribution is 0.589. The molecule has 0 saturated heterocycles. The predicted octanol–water partition coefficient (Wildman–Crippen LogP) is 6.35. The molecule has 1 nitrogen and oxygen atoms in total. The molecule has 3 aromatic carbocycles. The van der Waals surface area contributed by atoms with Crippen molar-refractivity contribution < 1.29 is 0 Å². The van der Waals surface area contributed by atoms with Crippen LogP contribution < -0.4 is 0 Å². The highest BCUT2D eigenvalue weighted by molar-refractivity contribution is 6.08. The number of hydrogen-bond donors (Lipinski definition) is 0. The Hall–Kier alpha value is -2.67. The summed E-state index contributed by atoms with van der Waals surface area (Å²) in [4.78, 5) is 4.59. The fraction of sp³-hybridized carbons (Fsp3) is 0.174. The Balaban J connectivity index is 1.88. The number of benzene rings is 3. The molecule has 0 aliphatic heterocycles. The number of hydrogen-bond acceptors (Lipinski definition) is 1. The van der Waals surface area contributed by atoms with Crippen molar-refractivity contribution in [2.75, 3.05) is 0 Å². The molecular formula is C23H21N. The van der Waals surface area contributed by atoms with E-state index < -0.39 is 0 Å². The SMILES string of the molecule is CC(C)(C)c1ccnc(-c2ccc3c(ccc4ccccc43)c2)c1. The van der Waals surface area contributed by atoms with Gasteiger partial charge >= 0.3 is 0 Å². The molecule has 0 saturated carbocycles. The van der Waals surface area contributed by atoms with Crippen LogP contribution in [0.1, 0.15) is 26.3 Å². The van der Waals surface area contributed by atoms with Crippen molar-refractivity contribution >= 4 is 21.5 Å². The predicted molar refractivity (Wildman–Crippen MR) is 103 cm³/mol. The quantitative estimate of drug-likeness (QED) is 0.373. The molecule has 24 heavy (non-hydrogen) atoms. The smallest absolute Gasteiger partial charge is 0.0705 e. The van der Waals surface area contributed by atoms with E-state index in [1.54, 1.807) is 0 Å². The van der Waals surface area contributed by atoms with Crippen LogP contribution in [0.25, 0.3) is 32.8 Å². The summed E-state index contributed by atoms with van der Waals surface area (Å²) in [6, 6.07) is 23.9. The van der Waals surface area contributed by atoms with Gasteiger partial charge in [-0.3, -0.25) is 4.98 Å². The minimum Gasteiger partial charge on any atom is -0.256 e. The van der Waals surface area contributed by atoms with Gasteiger partial charge in [-0.1, -0.05) is 69.3 Å². The highest BCUT2D eigenvalue weighted by Gasteiger charge is 2.14. The molecule has 0 aliphatic carbocycles. The Bertz CT molecular complexity index is 1040. The van der Waals surface area contributed by atoms with Crippen molar-refractivity contribution in [1.82, 2.24) is 4.98 Å². The van der Waals surface area contributed by atoms with E-state index in [-0.39, 0.29) is 5.41 Å². The molecule has 0 amide bonds. The number of pyridine rings is 1. The summed E-state index contributed by atoms with van der Waals surface area (Å²) >= 11 is 0. The Labute approximate surface area is 143 Å². The maximum atomic E-state index is 4.59. The van der Waals surface area contributed by atoms with Gasteiger partial charge in [-0.25, -0.2) is 0 Å². The minimum atomic E-state index is 0.130. The second kappa shape index (κ2) is 5.45. The van der Waals surface area contributed by atoms with Crippen LogP contribution in [0.3, 0.4) is 0 Å². The maximum absolute atomic E-state index is 4.59. The summed E-state index contributed by atoms with van der Waals surface area (Å²) in [5.74, 6) is 0. The van der Waals surface area contributed by atoms with E-state index in [2.05, 4.69) is 92.5 Å². The van der Waals surface area contributed by atoms with Crippen molar-refractivity contribution in [1.29, 1.82) is 0 Å². The highest BCUT2D eigenvalue weighted by atomic mass is 14.7. The van der Waals surface area contributed by atoms with E-state index in [4.69, 9.17) is 0 Å². The van der Waals surface area contributed by atoms with Gasteiger partial charge in [0.05, 0.1) is 5.69 Å². The first kappa shape index (κ1) is 14.9. The average Bonchev–Trinajstić information content (AvgIpc) is 2.60. The lowest BCUT2D eigenvalue weighted by Crippen LogP contribution is -2.11. The molecule has 0 bridgehead atoms. The van der Waals surface area contributed by atoms with Gasteiger partial charge in [0, 0.05) is 11.8 Å². The van der Waals surface area contributed by atoms with Crippen LogP contribution >= 0.6 is 0 Å². The molecule has 4 rings (SSSR count). The lowest BCUT2D eigenvalue weighted by Gasteiger charge is -2.19. The maximum Gasteiger partial charge on any atom is 0.0705 e. The minimum absolute atomic E-state index is 0.130. The van der Waals surface area contributed by atoms with Crippen molar-refractivity contribution in [3.05, 3.63) is 78.5 Å². The largest absolute Gasteiger partial charge is 0.256 e. The Morgan fingerprint density at radius 2 is 1.46 bits per heavy atom. The van der Waals surface area contributed by atoms with Crippen molar-refractivity contribution in [3.8, 4) is 11.3 Å². The van der Waals surface area contributed by atoms with Crippen molar-refractivity contribution in [2.24, 2.45) is 0 Å². The summed E-state index contributed by atoms with van der Waals surface area (Å²) in [6.07, 6.45) is 1.92. The van der Waals surface area contributed by atoms with Gasteiger partial charge in [-0.05, 0) is 50.7 Å². The molecular weight excluding hydrogens is 290 g/mol. The van der Waals surface area contributed by atoms with Crippen molar-refractivity contribution in [2.45, 2.75) is 26.2 Å². The molecule has 1 heteroatoms. The third kappa shape index (κ3) is 2.56. The van der Waals surface area contributed by atoms with E-state index in [1.165, 1.54) is 32.7 Å². The summed E-state index contributed by atoms with van der Waals surface area (Å²) in [5, 5.41) is 5.14. The first-order valence-corrected chi connectivity index (χ1v) is 8.41. The second-order valence-corrected chi connectivity index (χ2v) is 7.40. The molecule has 0 radical (unpaired) electrons. The molecule has 0 fully saturated rings. The van der Waals surface area contributed by atoms with Crippen LogP contribution in [0.15, 0.2) is 72.9 Å². The summed E-state index contributed by atoms with van der Waals surface area (Å²) in [5.41, 5.74) is 3.65. The first-order chi connectivity index (χ1) is 11.5. The second-order valence-electron chi connectivity index (χ2n) is 7.40. The molecule has 0 spiro atoms. The molecule has 0 unspecified atom stereocenters. The summed E-state index contributed by atoms with van der Waals surface area (Å²) in [7, 11) is 0. The molecule has 0 N–H and O–H groups in total.